The van der Waals surface area contributed by atoms with Crippen molar-refractivity contribution in [2.75, 3.05) is 18.4 Å². The predicted molar refractivity (Wildman–Crippen MR) is 53.1 cm³/mol. The van der Waals surface area contributed by atoms with Crippen LogP contribution in [0.25, 0.3) is 0 Å². The van der Waals surface area contributed by atoms with Gasteiger partial charge in [-0.05, 0) is 12.1 Å². The highest BCUT2D eigenvalue weighted by atomic mass is 19.1. The second kappa shape index (κ2) is 4.44. The van der Waals surface area contributed by atoms with Gasteiger partial charge < -0.3 is 10.1 Å². The van der Waals surface area contributed by atoms with Crippen LogP contribution in [0.15, 0.2) is 18.2 Å². The number of rotatable bonds is 2. The molecule has 1 saturated heterocycles. The van der Waals surface area contributed by atoms with E-state index in [4.69, 9.17) is 4.74 Å². The number of carbonyl (C=O) groups is 1. The van der Waals surface area contributed by atoms with E-state index in [1.165, 1.54) is 0 Å². The lowest BCUT2D eigenvalue weighted by molar-refractivity contribution is 0.0777. The molecule has 0 aliphatic carbocycles. The molecule has 0 aromatic heterocycles. The molecule has 0 unspecified atom stereocenters. The molecule has 1 aromatic rings. The van der Waals surface area contributed by atoms with E-state index in [1.807, 2.05) is 0 Å². The molecule has 6 heteroatoms. The molecular weight excluding hydrogens is 218 g/mol. The summed E-state index contributed by atoms with van der Waals surface area (Å²) in [6.07, 6.45) is -0.916. The van der Waals surface area contributed by atoms with Crippen molar-refractivity contribution in [3.05, 3.63) is 29.8 Å². The lowest BCUT2D eigenvalue weighted by Crippen LogP contribution is -2.49. The van der Waals surface area contributed by atoms with Crippen LogP contribution in [0.4, 0.5) is 19.3 Å². The van der Waals surface area contributed by atoms with Gasteiger partial charge in [-0.25, -0.2) is 13.6 Å². The molecule has 1 aliphatic heterocycles. The molecule has 2 N–H and O–H groups in total. The van der Waals surface area contributed by atoms with Gasteiger partial charge in [0, 0.05) is 19.2 Å². The van der Waals surface area contributed by atoms with Gasteiger partial charge in [-0.15, -0.1) is 0 Å². The van der Waals surface area contributed by atoms with Gasteiger partial charge in [-0.2, -0.15) is 0 Å². The zero-order valence-corrected chi connectivity index (χ0v) is 8.30. The molecule has 1 aromatic carbocycles. The SMILES string of the molecule is O=C(Nc1ccc(F)cc1F)OC1CNC1. The summed E-state index contributed by atoms with van der Waals surface area (Å²) in [6, 6.07) is 2.90. The van der Waals surface area contributed by atoms with E-state index in [-0.39, 0.29) is 11.8 Å². The van der Waals surface area contributed by atoms with Gasteiger partial charge >= 0.3 is 6.09 Å². The molecule has 0 bridgehead atoms. The first-order chi connectivity index (χ1) is 7.65. The van der Waals surface area contributed by atoms with Gasteiger partial charge in [-0.1, -0.05) is 0 Å². The first kappa shape index (κ1) is 10.8. The van der Waals surface area contributed by atoms with Crippen molar-refractivity contribution >= 4 is 11.8 Å². The summed E-state index contributed by atoms with van der Waals surface area (Å²) in [5, 5.41) is 5.13. The Hall–Kier alpha value is -1.69. The minimum Gasteiger partial charge on any atom is -0.443 e. The second-order valence-electron chi connectivity index (χ2n) is 3.43. The minimum atomic E-state index is -0.830. The molecule has 1 heterocycles. The highest BCUT2D eigenvalue weighted by molar-refractivity contribution is 5.84. The third-order valence-corrected chi connectivity index (χ3v) is 2.19. The molecule has 0 saturated carbocycles. The van der Waals surface area contributed by atoms with E-state index in [0.717, 1.165) is 12.1 Å². The predicted octanol–water partition coefficient (Wildman–Crippen LogP) is 1.49. The molecule has 16 heavy (non-hydrogen) atoms. The van der Waals surface area contributed by atoms with E-state index in [2.05, 4.69) is 10.6 Å². The Morgan fingerprint density at radius 3 is 2.75 bits per heavy atom. The fourth-order valence-corrected chi connectivity index (χ4v) is 1.23. The number of amides is 1. The second-order valence-corrected chi connectivity index (χ2v) is 3.43. The molecule has 86 valence electrons. The van der Waals surface area contributed by atoms with Crippen molar-refractivity contribution in [2.45, 2.75) is 6.10 Å². The van der Waals surface area contributed by atoms with Gasteiger partial charge in [0.1, 0.15) is 17.7 Å². The fraction of sp³-hybridized carbons (Fsp3) is 0.300. The van der Waals surface area contributed by atoms with Crippen molar-refractivity contribution < 1.29 is 18.3 Å². The maximum atomic E-state index is 13.1. The summed E-state index contributed by atoms with van der Waals surface area (Å²) in [4.78, 5) is 11.2. The van der Waals surface area contributed by atoms with Crippen LogP contribution in [0.5, 0.6) is 0 Å². The topological polar surface area (TPSA) is 50.4 Å². The van der Waals surface area contributed by atoms with Crippen LogP contribution in [-0.4, -0.2) is 25.3 Å². The largest absolute Gasteiger partial charge is 0.443 e. The zero-order chi connectivity index (χ0) is 11.5. The van der Waals surface area contributed by atoms with E-state index < -0.39 is 17.7 Å². The Bertz CT molecular complexity index is 408. The number of halogens is 2. The molecule has 2 rings (SSSR count). The summed E-state index contributed by atoms with van der Waals surface area (Å²) < 4.78 is 30.6. The zero-order valence-electron chi connectivity index (χ0n) is 8.30. The van der Waals surface area contributed by atoms with E-state index >= 15 is 0 Å². The Labute approximate surface area is 90.6 Å². The number of carbonyl (C=O) groups excluding carboxylic acids is 1. The first-order valence-corrected chi connectivity index (χ1v) is 4.78. The Morgan fingerprint density at radius 2 is 2.19 bits per heavy atom. The molecule has 1 aliphatic rings. The molecule has 1 amide bonds. The average molecular weight is 228 g/mol. The summed E-state index contributed by atoms with van der Waals surface area (Å²) in [5.41, 5.74) is -0.0984. The standard InChI is InChI=1S/C10H10F2N2O2/c11-6-1-2-9(8(12)3-6)14-10(15)16-7-4-13-5-7/h1-3,7,13H,4-5H2,(H,14,15). The van der Waals surface area contributed by atoms with Crippen LogP contribution in [0.2, 0.25) is 0 Å². The maximum absolute atomic E-state index is 13.1. The third kappa shape index (κ3) is 2.46. The molecule has 1 fully saturated rings. The number of ether oxygens (including phenoxy) is 1. The highest BCUT2D eigenvalue weighted by Gasteiger charge is 2.21. The Morgan fingerprint density at radius 1 is 1.44 bits per heavy atom. The average Bonchev–Trinajstić information content (AvgIpc) is 2.16. The van der Waals surface area contributed by atoms with Crippen molar-refractivity contribution in [1.29, 1.82) is 0 Å². The highest BCUT2D eigenvalue weighted by Crippen LogP contribution is 2.15. The number of nitrogens with one attached hydrogen (secondary N) is 2. The van der Waals surface area contributed by atoms with Crippen LogP contribution in [0, 0.1) is 11.6 Å². The van der Waals surface area contributed by atoms with Crippen molar-refractivity contribution in [1.82, 2.24) is 5.32 Å². The van der Waals surface area contributed by atoms with Crippen molar-refractivity contribution in [2.24, 2.45) is 0 Å². The quantitative estimate of drug-likeness (QED) is 0.806. The number of hydrogen-bond acceptors (Lipinski definition) is 3. The summed E-state index contributed by atoms with van der Waals surface area (Å²) in [6.45, 7) is 1.19. The molecule has 0 radical (unpaired) electrons. The summed E-state index contributed by atoms with van der Waals surface area (Å²) >= 11 is 0. The first-order valence-electron chi connectivity index (χ1n) is 4.78. The lowest BCUT2D eigenvalue weighted by Gasteiger charge is -2.26. The van der Waals surface area contributed by atoms with Crippen LogP contribution in [0.1, 0.15) is 0 Å². The Kier molecular flexibility index (Phi) is 3.00. The summed E-state index contributed by atoms with van der Waals surface area (Å²) in [7, 11) is 0. The van der Waals surface area contributed by atoms with Crippen LogP contribution >= 0.6 is 0 Å². The van der Waals surface area contributed by atoms with Crippen molar-refractivity contribution in [3.63, 3.8) is 0 Å². The van der Waals surface area contributed by atoms with Crippen LogP contribution in [0.3, 0.4) is 0 Å². The van der Waals surface area contributed by atoms with Gasteiger partial charge in [0.2, 0.25) is 0 Å². The normalized spacial score (nSPS) is 15.4. The summed E-state index contributed by atoms with van der Waals surface area (Å²) in [5.74, 6) is -1.52. The molecule has 0 atom stereocenters. The lowest BCUT2D eigenvalue weighted by atomic mass is 10.2. The number of anilines is 1. The number of benzene rings is 1. The Balaban J connectivity index is 1.94. The fourth-order valence-electron chi connectivity index (χ4n) is 1.23. The van der Waals surface area contributed by atoms with E-state index in [1.54, 1.807) is 0 Å². The van der Waals surface area contributed by atoms with Gasteiger partial charge in [0.25, 0.3) is 0 Å². The van der Waals surface area contributed by atoms with Gasteiger partial charge in [-0.3, -0.25) is 5.32 Å². The van der Waals surface area contributed by atoms with E-state index in [0.29, 0.717) is 19.2 Å². The van der Waals surface area contributed by atoms with Crippen LogP contribution in [-0.2, 0) is 4.74 Å². The minimum absolute atomic E-state index is 0.0984. The monoisotopic (exact) mass is 228 g/mol. The molecule has 0 spiro atoms. The van der Waals surface area contributed by atoms with E-state index in [9.17, 15) is 13.6 Å². The smallest absolute Gasteiger partial charge is 0.412 e. The maximum Gasteiger partial charge on any atom is 0.412 e. The third-order valence-electron chi connectivity index (χ3n) is 2.19. The van der Waals surface area contributed by atoms with Crippen LogP contribution < -0.4 is 10.6 Å². The van der Waals surface area contributed by atoms with Crippen molar-refractivity contribution in [3.8, 4) is 0 Å². The van der Waals surface area contributed by atoms with Gasteiger partial charge in [0.15, 0.2) is 0 Å². The molecule has 4 nitrogen and oxygen atoms in total. The van der Waals surface area contributed by atoms with Gasteiger partial charge in [0.05, 0.1) is 5.69 Å². The number of hydrogen-bond donors (Lipinski definition) is 2. The molecular formula is C10H10F2N2O2.